The summed E-state index contributed by atoms with van der Waals surface area (Å²) in [5.74, 6) is 0.765. The van der Waals surface area contributed by atoms with Crippen molar-refractivity contribution in [3.63, 3.8) is 0 Å². The SMILES string of the molecule is CCc1ccc2[nH]c(=O)c([C@@H](c3nnnn3C(C)(C)C)[NH+]3CCCC3)cc2c1. The first-order valence-corrected chi connectivity index (χ1v) is 10.2. The van der Waals surface area contributed by atoms with Crippen molar-refractivity contribution in [3.05, 3.63) is 51.6 Å². The molecule has 3 aromatic rings. The molecule has 1 atom stereocenters. The molecule has 28 heavy (non-hydrogen) atoms. The summed E-state index contributed by atoms with van der Waals surface area (Å²) in [6.45, 7) is 10.4. The molecule has 0 aliphatic carbocycles. The van der Waals surface area contributed by atoms with Gasteiger partial charge in [-0.2, -0.15) is 0 Å². The van der Waals surface area contributed by atoms with Gasteiger partial charge >= 0.3 is 0 Å². The van der Waals surface area contributed by atoms with Gasteiger partial charge in [0.15, 0.2) is 6.04 Å². The molecule has 0 radical (unpaired) electrons. The van der Waals surface area contributed by atoms with Crippen molar-refractivity contribution in [3.8, 4) is 0 Å². The van der Waals surface area contributed by atoms with Crippen LogP contribution in [0.25, 0.3) is 10.9 Å². The maximum atomic E-state index is 13.1. The normalized spacial score (nSPS) is 16.7. The average molecular weight is 382 g/mol. The number of nitrogens with zero attached hydrogens (tertiary/aromatic N) is 4. The predicted octanol–water partition coefficient (Wildman–Crippen LogP) is 1.60. The van der Waals surface area contributed by atoms with Gasteiger partial charge in [-0.3, -0.25) is 4.79 Å². The van der Waals surface area contributed by atoms with E-state index < -0.39 is 0 Å². The molecular weight excluding hydrogens is 352 g/mol. The van der Waals surface area contributed by atoms with E-state index >= 15 is 0 Å². The van der Waals surface area contributed by atoms with Gasteiger partial charge in [-0.05, 0) is 66.8 Å². The molecule has 0 spiro atoms. The van der Waals surface area contributed by atoms with Gasteiger partial charge in [-0.15, -0.1) is 5.10 Å². The van der Waals surface area contributed by atoms with E-state index in [1.54, 1.807) is 0 Å². The third kappa shape index (κ3) is 3.35. The number of quaternary nitrogens is 1. The number of tetrazole rings is 1. The number of rotatable bonds is 4. The lowest BCUT2D eigenvalue weighted by Gasteiger charge is -2.27. The van der Waals surface area contributed by atoms with E-state index in [1.165, 1.54) is 10.5 Å². The van der Waals surface area contributed by atoms with Gasteiger partial charge < -0.3 is 9.88 Å². The molecule has 2 N–H and O–H groups in total. The molecule has 7 nitrogen and oxygen atoms in total. The predicted molar refractivity (Wildman–Crippen MR) is 109 cm³/mol. The molecule has 1 saturated heterocycles. The Balaban J connectivity index is 1.91. The van der Waals surface area contributed by atoms with Crippen LogP contribution in [0.5, 0.6) is 0 Å². The molecule has 1 fully saturated rings. The number of pyridine rings is 1. The number of likely N-dealkylation sites (tertiary alicyclic amines) is 1. The van der Waals surface area contributed by atoms with Gasteiger partial charge in [0, 0.05) is 18.4 Å². The van der Waals surface area contributed by atoms with Crippen LogP contribution in [0.1, 0.15) is 63.5 Å². The second kappa shape index (κ2) is 7.13. The maximum Gasteiger partial charge on any atom is 0.258 e. The number of aromatic amines is 1. The highest BCUT2D eigenvalue weighted by Gasteiger charge is 2.37. The quantitative estimate of drug-likeness (QED) is 0.719. The summed E-state index contributed by atoms with van der Waals surface area (Å²) in [4.78, 5) is 17.5. The zero-order valence-corrected chi connectivity index (χ0v) is 17.1. The van der Waals surface area contributed by atoms with Crippen LogP contribution >= 0.6 is 0 Å². The number of aromatic nitrogens is 5. The fourth-order valence-electron chi connectivity index (χ4n) is 4.22. The first kappa shape index (κ1) is 18.8. The van der Waals surface area contributed by atoms with E-state index in [0.29, 0.717) is 0 Å². The lowest BCUT2D eigenvalue weighted by molar-refractivity contribution is -0.914. The Labute approximate surface area is 164 Å². The van der Waals surface area contributed by atoms with E-state index in [-0.39, 0.29) is 17.1 Å². The number of nitrogens with one attached hydrogen (secondary N) is 2. The first-order chi connectivity index (χ1) is 13.4. The molecular formula is C21H29N6O+. The van der Waals surface area contributed by atoms with Gasteiger partial charge in [0.1, 0.15) is 0 Å². The zero-order valence-electron chi connectivity index (χ0n) is 17.1. The Bertz CT molecular complexity index is 1040. The number of aryl methyl sites for hydroxylation is 1. The minimum absolute atomic E-state index is 0.0513. The molecule has 0 amide bonds. The summed E-state index contributed by atoms with van der Waals surface area (Å²) >= 11 is 0. The van der Waals surface area contributed by atoms with Crippen LogP contribution in [0.4, 0.5) is 0 Å². The van der Waals surface area contributed by atoms with E-state index in [0.717, 1.165) is 54.6 Å². The highest BCUT2D eigenvalue weighted by atomic mass is 16.1. The number of fused-ring (bicyclic) bond motifs is 1. The lowest BCUT2D eigenvalue weighted by atomic mass is 10.0. The van der Waals surface area contributed by atoms with Crippen LogP contribution in [-0.4, -0.2) is 38.3 Å². The van der Waals surface area contributed by atoms with Crippen molar-refractivity contribution < 1.29 is 4.90 Å². The standard InChI is InChI=1S/C21H28N6O/c1-5-14-8-9-17-15(12-14)13-16(20(28)22-17)18(26-10-6-7-11-26)19-23-24-25-27(19)21(2,3)4/h8-9,12-13,18H,5-7,10-11H2,1-4H3,(H,22,28)/p+1/t18-/m0/s1. The molecule has 1 aromatic carbocycles. The van der Waals surface area contributed by atoms with Gasteiger partial charge in [0.05, 0.1) is 24.2 Å². The zero-order chi connectivity index (χ0) is 19.9. The molecule has 0 bridgehead atoms. The smallest absolute Gasteiger partial charge is 0.258 e. The fraction of sp³-hybridized carbons (Fsp3) is 0.524. The van der Waals surface area contributed by atoms with Gasteiger partial charge in [-0.1, -0.05) is 13.0 Å². The van der Waals surface area contributed by atoms with Crippen LogP contribution in [0.3, 0.4) is 0 Å². The molecule has 7 heteroatoms. The largest absolute Gasteiger partial charge is 0.322 e. The second-order valence-corrected chi connectivity index (χ2v) is 8.75. The number of benzene rings is 1. The molecule has 1 aliphatic rings. The van der Waals surface area contributed by atoms with Crippen LogP contribution in [0, 0.1) is 0 Å². The van der Waals surface area contributed by atoms with Crippen molar-refractivity contribution in [1.82, 2.24) is 25.2 Å². The monoisotopic (exact) mass is 381 g/mol. The summed E-state index contributed by atoms with van der Waals surface area (Å²) in [7, 11) is 0. The summed E-state index contributed by atoms with van der Waals surface area (Å²) in [6, 6.07) is 8.11. The summed E-state index contributed by atoms with van der Waals surface area (Å²) in [6.07, 6.45) is 3.29. The van der Waals surface area contributed by atoms with Crippen molar-refractivity contribution >= 4 is 10.9 Å². The summed E-state index contributed by atoms with van der Waals surface area (Å²) in [5.41, 5.74) is 2.57. The lowest BCUT2D eigenvalue weighted by Crippen LogP contribution is -3.10. The number of H-pyrrole nitrogens is 1. The second-order valence-electron chi connectivity index (χ2n) is 8.75. The highest BCUT2D eigenvalue weighted by molar-refractivity contribution is 5.79. The van der Waals surface area contributed by atoms with Gasteiger partial charge in [0.2, 0.25) is 5.82 Å². The third-order valence-corrected chi connectivity index (χ3v) is 5.70. The highest BCUT2D eigenvalue weighted by Crippen LogP contribution is 2.23. The van der Waals surface area contributed by atoms with Crippen molar-refractivity contribution in [2.75, 3.05) is 13.1 Å². The molecule has 2 aromatic heterocycles. The Morgan fingerprint density at radius 2 is 1.96 bits per heavy atom. The summed E-state index contributed by atoms with van der Waals surface area (Å²) in [5, 5.41) is 13.7. The van der Waals surface area contributed by atoms with E-state index in [2.05, 4.69) is 60.3 Å². The molecule has 4 rings (SSSR count). The number of hydrogen-bond donors (Lipinski definition) is 2. The molecule has 148 valence electrons. The minimum Gasteiger partial charge on any atom is -0.322 e. The molecule has 3 heterocycles. The van der Waals surface area contributed by atoms with Gasteiger partial charge in [-0.25, -0.2) is 4.68 Å². The molecule has 0 unspecified atom stereocenters. The Kier molecular flexibility index (Phi) is 4.79. The molecule has 1 aliphatic heterocycles. The van der Waals surface area contributed by atoms with Crippen LogP contribution < -0.4 is 10.5 Å². The summed E-state index contributed by atoms with van der Waals surface area (Å²) < 4.78 is 1.87. The maximum absolute atomic E-state index is 13.1. The van der Waals surface area contributed by atoms with Gasteiger partial charge in [0.25, 0.3) is 5.56 Å². The average Bonchev–Trinajstić information content (AvgIpc) is 3.34. The van der Waals surface area contributed by atoms with E-state index in [1.807, 2.05) is 16.8 Å². The Morgan fingerprint density at radius 1 is 1.21 bits per heavy atom. The van der Waals surface area contributed by atoms with E-state index in [4.69, 9.17) is 0 Å². The topological polar surface area (TPSA) is 80.9 Å². The van der Waals surface area contributed by atoms with Crippen LogP contribution in [-0.2, 0) is 12.0 Å². The molecule has 0 saturated carbocycles. The van der Waals surface area contributed by atoms with Crippen molar-refractivity contribution in [2.45, 2.75) is 58.5 Å². The Hall–Kier alpha value is -2.54. The first-order valence-electron chi connectivity index (χ1n) is 10.2. The Morgan fingerprint density at radius 3 is 2.64 bits per heavy atom. The fourth-order valence-corrected chi connectivity index (χ4v) is 4.22. The van der Waals surface area contributed by atoms with E-state index in [9.17, 15) is 4.79 Å². The van der Waals surface area contributed by atoms with Crippen molar-refractivity contribution in [2.24, 2.45) is 0 Å². The van der Waals surface area contributed by atoms with Crippen LogP contribution in [0.15, 0.2) is 29.1 Å². The van der Waals surface area contributed by atoms with Crippen LogP contribution in [0.2, 0.25) is 0 Å². The number of hydrogen-bond acceptors (Lipinski definition) is 4. The third-order valence-electron chi connectivity index (χ3n) is 5.70. The van der Waals surface area contributed by atoms with Crippen molar-refractivity contribution in [1.29, 1.82) is 0 Å². The minimum atomic E-state index is -0.255.